The first-order valence-electron chi connectivity index (χ1n) is 4.83. The Hall–Kier alpha value is -1.71. The van der Waals surface area contributed by atoms with Crippen molar-refractivity contribution < 1.29 is 19.7 Å². The molecule has 0 aromatic heterocycles. The molecule has 0 fully saturated rings. The maximum Gasteiger partial charge on any atom is 0.201 e. The molecule has 0 saturated carbocycles. The summed E-state index contributed by atoms with van der Waals surface area (Å²) in [6.07, 6.45) is 2.12. The number of carbonyl (C=O) groups excluding carboxylic acids is 1. The van der Waals surface area contributed by atoms with Crippen molar-refractivity contribution in [1.82, 2.24) is 0 Å². The number of benzene rings is 1. The van der Waals surface area contributed by atoms with Gasteiger partial charge in [-0.05, 0) is 31.4 Å². The third-order valence-electron chi connectivity index (χ3n) is 2.60. The molecule has 80 valence electrons. The maximum absolute atomic E-state index is 10.6. The van der Waals surface area contributed by atoms with E-state index >= 15 is 0 Å². The minimum Gasteiger partial charge on any atom is -0.504 e. The van der Waals surface area contributed by atoms with Crippen molar-refractivity contribution in [2.45, 2.75) is 25.9 Å². The molecule has 0 spiro atoms. The maximum atomic E-state index is 10.6. The van der Waals surface area contributed by atoms with Gasteiger partial charge in [-0.25, -0.2) is 0 Å². The van der Waals surface area contributed by atoms with Gasteiger partial charge in [-0.2, -0.15) is 0 Å². The molecule has 1 atom stereocenters. The third kappa shape index (κ3) is 1.52. The number of fused-ring (bicyclic) bond motifs is 1. The molecule has 0 amide bonds. The van der Waals surface area contributed by atoms with Crippen LogP contribution in [-0.2, 0) is 6.42 Å². The Kier molecular flexibility index (Phi) is 2.26. The number of hydrogen-bond donors (Lipinski definition) is 2. The molecule has 2 N–H and O–H groups in total. The number of phenols is 2. The SMILES string of the molecule is CC1CCc2cc(C=O)c(O)c(O)c2O1. The average Bonchev–Trinajstić information content (AvgIpc) is 2.24. The summed E-state index contributed by atoms with van der Waals surface area (Å²) in [5, 5.41) is 19.1. The molecule has 15 heavy (non-hydrogen) atoms. The van der Waals surface area contributed by atoms with Crippen LogP contribution in [0.2, 0.25) is 0 Å². The van der Waals surface area contributed by atoms with Gasteiger partial charge in [-0.1, -0.05) is 0 Å². The highest BCUT2D eigenvalue weighted by Gasteiger charge is 2.23. The van der Waals surface area contributed by atoms with Crippen LogP contribution in [0.3, 0.4) is 0 Å². The van der Waals surface area contributed by atoms with Crippen LogP contribution in [0.15, 0.2) is 6.07 Å². The largest absolute Gasteiger partial charge is 0.504 e. The van der Waals surface area contributed by atoms with Crippen LogP contribution < -0.4 is 4.74 Å². The van der Waals surface area contributed by atoms with Gasteiger partial charge < -0.3 is 14.9 Å². The van der Waals surface area contributed by atoms with Gasteiger partial charge in [0.05, 0.1) is 11.7 Å². The Bertz CT molecular complexity index is 412. The number of aromatic hydroxyl groups is 2. The molecule has 2 rings (SSSR count). The van der Waals surface area contributed by atoms with Crippen LogP contribution in [0, 0.1) is 0 Å². The first-order chi connectivity index (χ1) is 7.13. The normalized spacial score (nSPS) is 19.1. The minimum atomic E-state index is -0.405. The Morgan fingerprint density at radius 1 is 1.47 bits per heavy atom. The molecule has 1 unspecified atom stereocenters. The summed E-state index contributed by atoms with van der Waals surface area (Å²) in [4.78, 5) is 10.6. The second kappa shape index (κ2) is 3.46. The summed E-state index contributed by atoms with van der Waals surface area (Å²) in [7, 11) is 0. The van der Waals surface area contributed by atoms with Gasteiger partial charge in [0.25, 0.3) is 0 Å². The highest BCUT2D eigenvalue weighted by atomic mass is 16.5. The molecule has 0 saturated heterocycles. The topological polar surface area (TPSA) is 66.8 Å². The van der Waals surface area contributed by atoms with Crippen LogP contribution in [0.4, 0.5) is 0 Å². The van der Waals surface area contributed by atoms with E-state index < -0.39 is 5.75 Å². The molecule has 1 aliphatic heterocycles. The van der Waals surface area contributed by atoms with Crippen molar-refractivity contribution in [1.29, 1.82) is 0 Å². The van der Waals surface area contributed by atoms with E-state index in [2.05, 4.69) is 0 Å². The molecule has 4 heteroatoms. The molecule has 0 radical (unpaired) electrons. The van der Waals surface area contributed by atoms with Crippen molar-refractivity contribution in [2.24, 2.45) is 0 Å². The highest BCUT2D eigenvalue weighted by Crippen LogP contribution is 2.43. The molecule has 1 heterocycles. The van der Waals surface area contributed by atoms with Crippen molar-refractivity contribution in [2.75, 3.05) is 0 Å². The monoisotopic (exact) mass is 208 g/mol. The summed E-state index contributed by atoms with van der Waals surface area (Å²) in [6.45, 7) is 1.90. The Morgan fingerprint density at radius 2 is 2.20 bits per heavy atom. The van der Waals surface area contributed by atoms with E-state index in [4.69, 9.17) is 4.74 Å². The number of carbonyl (C=O) groups is 1. The second-order valence-electron chi connectivity index (χ2n) is 3.74. The van der Waals surface area contributed by atoms with Gasteiger partial charge in [-0.15, -0.1) is 0 Å². The number of aryl methyl sites for hydroxylation is 1. The van der Waals surface area contributed by atoms with Gasteiger partial charge in [0.15, 0.2) is 17.8 Å². The smallest absolute Gasteiger partial charge is 0.201 e. The van der Waals surface area contributed by atoms with Gasteiger partial charge in [-0.3, -0.25) is 4.79 Å². The summed E-state index contributed by atoms with van der Waals surface area (Å²) in [5.41, 5.74) is 0.870. The molecule has 1 aromatic carbocycles. The van der Waals surface area contributed by atoms with Crippen molar-refractivity contribution in [3.8, 4) is 17.2 Å². The zero-order chi connectivity index (χ0) is 11.0. The molecule has 0 aliphatic carbocycles. The standard InChI is InChI=1S/C11H12O4/c1-6-2-3-7-4-8(5-12)9(13)10(14)11(7)15-6/h4-6,13-14H,2-3H2,1H3. The van der Waals surface area contributed by atoms with E-state index in [1.807, 2.05) is 6.92 Å². The zero-order valence-electron chi connectivity index (χ0n) is 8.36. The van der Waals surface area contributed by atoms with Crippen molar-refractivity contribution in [3.05, 3.63) is 17.2 Å². The molecule has 4 nitrogen and oxygen atoms in total. The van der Waals surface area contributed by atoms with Gasteiger partial charge >= 0.3 is 0 Å². The number of rotatable bonds is 1. The van der Waals surface area contributed by atoms with Crippen molar-refractivity contribution >= 4 is 6.29 Å². The lowest BCUT2D eigenvalue weighted by Crippen LogP contribution is -2.19. The first-order valence-corrected chi connectivity index (χ1v) is 4.83. The lowest BCUT2D eigenvalue weighted by Gasteiger charge is -2.24. The zero-order valence-corrected chi connectivity index (χ0v) is 8.36. The fraction of sp³-hybridized carbons (Fsp3) is 0.364. The van der Waals surface area contributed by atoms with Gasteiger partial charge in [0.2, 0.25) is 5.75 Å². The summed E-state index contributed by atoms with van der Waals surface area (Å²) in [6, 6.07) is 1.56. The van der Waals surface area contributed by atoms with E-state index in [0.717, 1.165) is 18.4 Å². The average molecular weight is 208 g/mol. The number of phenolic OH excluding ortho intramolecular Hbond substituents is 2. The lowest BCUT2D eigenvalue weighted by atomic mass is 9.99. The fourth-order valence-electron chi connectivity index (χ4n) is 1.74. The molecule has 1 aromatic rings. The Balaban J connectivity index is 2.57. The van der Waals surface area contributed by atoms with Crippen LogP contribution in [0.5, 0.6) is 17.2 Å². The molecular weight excluding hydrogens is 196 g/mol. The second-order valence-corrected chi connectivity index (χ2v) is 3.74. The van der Waals surface area contributed by atoms with Crippen LogP contribution in [-0.4, -0.2) is 22.6 Å². The van der Waals surface area contributed by atoms with E-state index in [1.54, 1.807) is 6.07 Å². The first kappa shape index (κ1) is 9.83. The number of hydrogen-bond acceptors (Lipinski definition) is 4. The third-order valence-corrected chi connectivity index (χ3v) is 2.60. The summed E-state index contributed by atoms with van der Waals surface area (Å²) < 4.78 is 5.42. The predicted molar refractivity (Wildman–Crippen MR) is 53.6 cm³/mol. The minimum absolute atomic E-state index is 0.0184. The predicted octanol–water partition coefficient (Wildman–Crippen LogP) is 1.62. The lowest BCUT2D eigenvalue weighted by molar-refractivity contribution is 0.111. The molecular formula is C11H12O4. The molecule has 0 bridgehead atoms. The van der Waals surface area contributed by atoms with Crippen LogP contribution in [0.25, 0.3) is 0 Å². The molecule has 1 aliphatic rings. The van der Waals surface area contributed by atoms with E-state index in [9.17, 15) is 15.0 Å². The van der Waals surface area contributed by atoms with Crippen LogP contribution >= 0.6 is 0 Å². The van der Waals surface area contributed by atoms with E-state index in [-0.39, 0.29) is 17.4 Å². The summed E-state index contributed by atoms with van der Waals surface area (Å²) in [5.74, 6) is -0.434. The van der Waals surface area contributed by atoms with Gasteiger partial charge in [0, 0.05) is 0 Å². The Morgan fingerprint density at radius 3 is 2.87 bits per heavy atom. The highest BCUT2D eigenvalue weighted by molar-refractivity contribution is 5.83. The van der Waals surface area contributed by atoms with Gasteiger partial charge in [0.1, 0.15) is 0 Å². The quantitative estimate of drug-likeness (QED) is 0.543. The van der Waals surface area contributed by atoms with Crippen LogP contribution in [0.1, 0.15) is 29.3 Å². The number of aldehydes is 1. The van der Waals surface area contributed by atoms with E-state index in [1.165, 1.54) is 0 Å². The summed E-state index contributed by atoms with van der Waals surface area (Å²) >= 11 is 0. The fourth-order valence-corrected chi connectivity index (χ4v) is 1.74. The van der Waals surface area contributed by atoms with E-state index in [0.29, 0.717) is 12.0 Å². The number of ether oxygens (including phenoxy) is 1. The van der Waals surface area contributed by atoms with Crippen molar-refractivity contribution in [3.63, 3.8) is 0 Å². The Labute approximate surface area is 87.1 Å².